The second-order valence-corrected chi connectivity index (χ2v) is 4.67. The molecule has 0 bridgehead atoms. The monoisotopic (exact) mass is 276 g/mol. The highest BCUT2D eigenvalue weighted by atomic mass is 16.4. The summed E-state index contributed by atoms with van der Waals surface area (Å²) >= 11 is 0. The molecule has 2 rings (SSSR count). The summed E-state index contributed by atoms with van der Waals surface area (Å²) in [6.45, 7) is 3.65. The molecule has 6 heteroatoms. The molecule has 2 N–H and O–H groups in total. The van der Waals surface area contributed by atoms with E-state index in [1.54, 1.807) is 39.3 Å². The van der Waals surface area contributed by atoms with Crippen LogP contribution in [0.1, 0.15) is 37.9 Å². The van der Waals surface area contributed by atoms with Crippen LogP contribution in [-0.4, -0.2) is 33.9 Å². The van der Waals surface area contributed by atoms with Gasteiger partial charge in [-0.25, -0.2) is 4.79 Å². The summed E-state index contributed by atoms with van der Waals surface area (Å²) in [6.07, 6.45) is 1.54. The zero-order chi connectivity index (χ0) is 14.9. The minimum absolute atomic E-state index is 0.0530. The van der Waals surface area contributed by atoms with Crippen LogP contribution >= 0.6 is 0 Å². The molecule has 2 aromatic rings. The zero-order valence-corrected chi connectivity index (χ0v) is 11.6. The van der Waals surface area contributed by atoms with Gasteiger partial charge in [-0.3, -0.25) is 4.79 Å². The van der Waals surface area contributed by atoms with Crippen LogP contribution in [0.4, 0.5) is 0 Å². The molecule has 0 aliphatic heterocycles. The number of carbonyl (C=O) groups excluding carboxylic acids is 1. The van der Waals surface area contributed by atoms with Gasteiger partial charge in [0.15, 0.2) is 0 Å². The summed E-state index contributed by atoms with van der Waals surface area (Å²) in [4.78, 5) is 27.7. The Morgan fingerprint density at radius 2 is 2.10 bits per heavy atom. The molecule has 0 saturated heterocycles. The van der Waals surface area contributed by atoms with Crippen molar-refractivity contribution < 1.29 is 19.1 Å². The number of amides is 1. The SMILES string of the molecule is Cc1[nH]c(C(=O)O)c(C)c1C(=O)N(C)Cc1ccco1. The molecule has 0 aromatic carbocycles. The van der Waals surface area contributed by atoms with Crippen LogP contribution in [-0.2, 0) is 6.54 Å². The molecule has 0 spiro atoms. The number of carbonyl (C=O) groups is 2. The van der Waals surface area contributed by atoms with Gasteiger partial charge < -0.3 is 19.4 Å². The minimum atomic E-state index is -1.07. The van der Waals surface area contributed by atoms with E-state index >= 15 is 0 Å². The number of aromatic nitrogens is 1. The summed E-state index contributed by atoms with van der Waals surface area (Å²) in [5.74, 6) is -0.636. The fourth-order valence-corrected chi connectivity index (χ4v) is 2.18. The van der Waals surface area contributed by atoms with Gasteiger partial charge in [-0.15, -0.1) is 0 Å². The fraction of sp³-hybridized carbons (Fsp3) is 0.286. The normalized spacial score (nSPS) is 10.6. The Hall–Kier alpha value is -2.50. The summed E-state index contributed by atoms with van der Waals surface area (Å²) < 4.78 is 5.20. The van der Waals surface area contributed by atoms with Crippen molar-refractivity contribution in [2.75, 3.05) is 7.05 Å². The van der Waals surface area contributed by atoms with Crippen LogP contribution in [0.2, 0.25) is 0 Å². The summed E-state index contributed by atoms with van der Waals surface area (Å²) in [5, 5.41) is 9.06. The molecule has 0 saturated carbocycles. The molecule has 6 nitrogen and oxygen atoms in total. The first-order chi connectivity index (χ1) is 9.41. The lowest BCUT2D eigenvalue weighted by Gasteiger charge is -2.16. The van der Waals surface area contributed by atoms with Gasteiger partial charge >= 0.3 is 5.97 Å². The quantitative estimate of drug-likeness (QED) is 0.896. The van der Waals surface area contributed by atoms with Gasteiger partial charge in [0, 0.05) is 12.7 Å². The van der Waals surface area contributed by atoms with Crippen LogP contribution < -0.4 is 0 Å². The van der Waals surface area contributed by atoms with Crippen molar-refractivity contribution in [3.63, 3.8) is 0 Å². The van der Waals surface area contributed by atoms with Gasteiger partial charge in [0.1, 0.15) is 11.5 Å². The third kappa shape index (κ3) is 2.45. The Labute approximate surface area is 116 Å². The standard InChI is InChI=1S/C14H16N2O4/c1-8-11(9(2)15-12(8)14(18)19)13(17)16(3)7-10-5-4-6-20-10/h4-6,15H,7H2,1-3H3,(H,18,19). The minimum Gasteiger partial charge on any atom is -0.477 e. The highest BCUT2D eigenvalue weighted by Crippen LogP contribution is 2.20. The molecule has 106 valence electrons. The molecule has 2 aromatic heterocycles. The van der Waals surface area contributed by atoms with Crippen molar-refractivity contribution in [3.05, 3.63) is 46.7 Å². The van der Waals surface area contributed by atoms with Crippen molar-refractivity contribution in [2.45, 2.75) is 20.4 Å². The van der Waals surface area contributed by atoms with E-state index in [4.69, 9.17) is 9.52 Å². The largest absolute Gasteiger partial charge is 0.477 e. The summed E-state index contributed by atoms with van der Waals surface area (Å²) in [5.41, 5.74) is 1.45. The summed E-state index contributed by atoms with van der Waals surface area (Å²) in [6, 6.07) is 3.53. The molecule has 0 unspecified atom stereocenters. The van der Waals surface area contributed by atoms with E-state index in [-0.39, 0.29) is 11.6 Å². The topological polar surface area (TPSA) is 86.5 Å². The Balaban J connectivity index is 2.27. The number of carboxylic acid groups (broad SMARTS) is 1. The van der Waals surface area contributed by atoms with Crippen molar-refractivity contribution >= 4 is 11.9 Å². The highest BCUT2D eigenvalue weighted by molar-refractivity contribution is 6.00. The molecule has 0 aliphatic carbocycles. The first kappa shape index (κ1) is 13.9. The first-order valence-corrected chi connectivity index (χ1v) is 6.12. The first-order valence-electron chi connectivity index (χ1n) is 6.12. The average Bonchev–Trinajstić information content (AvgIpc) is 2.97. The number of hydrogen-bond donors (Lipinski definition) is 2. The van der Waals surface area contributed by atoms with Crippen LogP contribution in [0.15, 0.2) is 22.8 Å². The average molecular weight is 276 g/mol. The number of aryl methyl sites for hydroxylation is 1. The van der Waals surface area contributed by atoms with Crippen LogP contribution in [0, 0.1) is 13.8 Å². The number of rotatable bonds is 4. The molecule has 0 fully saturated rings. The summed E-state index contributed by atoms with van der Waals surface area (Å²) in [7, 11) is 1.65. The zero-order valence-electron chi connectivity index (χ0n) is 11.6. The van der Waals surface area contributed by atoms with Crippen molar-refractivity contribution in [1.29, 1.82) is 0 Å². The van der Waals surface area contributed by atoms with Crippen molar-refractivity contribution in [1.82, 2.24) is 9.88 Å². The maximum atomic E-state index is 12.4. The number of hydrogen-bond acceptors (Lipinski definition) is 3. The van der Waals surface area contributed by atoms with E-state index in [1.165, 1.54) is 4.90 Å². The maximum Gasteiger partial charge on any atom is 0.352 e. The Morgan fingerprint density at radius 1 is 1.40 bits per heavy atom. The van der Waals surface area contributed by atoms with E-state index in [1.807, 2.05) is 0 Å². The van der Waals surface area contributed by atoms with Gasteiger partial charge in [-0.1, -0.05) is 0 Å². The number of aromatic carboxylic acids is 1. The molecule has 0 radical (unpaired) electrons. The van der Waals surface area contributed by atoms with E-state index < -0.39 is 5.97 Å². The number of aromatic amines is 1. The van der Waals surface area contributed by atoms with Crippen LogP contribution in [0.25, 0.3) is 0 Å². The number of furan rings is 1. The third-order valence-electron chi connectivity index (χ3n) is 3.19. The molecule has 20 heavy (non-hydrogen) atoms. The molecular weight excluding hydrogens is 260 g/mol. The second kappa shape index (κ2) is 5.24. The van der Waals surface area contributed by atoms with E-state index in [0.29, 0.717) is 29.1 Å². The Kier molecular flexibility index (Phi) is 3.65. The highest BCUT2D eigenvalue weighted by Gasteiger charge is 2.24. The third-order valence-corrected chi connectivity index (χ3v) is 3.19. The molecule has 0 aliphatic rings. The molecular formula is C14H16N2O4. The van der Waals surface area contributed by atoms with Crippen molar-refractivity contribution in [2.24, 2.45) is 0 Å². The van der Waals surface area contributed by atoms with Gasteiger partial charge in [0.25, 0.3) is 5.91 Å². The lowest BCUT2D eigenvalue weighted by Crippen LogP contribution is -2.27. The van der Waals surface area contributed by atoms with E-state index in [9.17, 15) is 9.59 Å². The Bertz CT molecular complexity index is 640. The smallest absolute Gasteiger partial charge is 0.352 e. The number of nitrogens with one attached hydrogen (secondary N) is 1. The van der Waals surface area contributed by atoms with Gasteiger partial charge in [-0.2, -0.15) is 0 Å². The molecule has 2 heterocycles. The predicted molar refractivity (Wildman–Crippen MR) is 71.7 cm³/mol. The lowest BCUT2D eigenvalue weighted by molar-refractivity contribution is 0.0690. The lowest BCUT2D eigenvalue weighted by atomic mass is 10.1. The van der Waals surface area contributed by atoms with Crippen LogP contribution in [0.3, 0.4) is 0 Å². The fourth-order valence-electron chi connectivity index (χ4n) is 2.18. The number of H-pyrrole nitrogens is 1. The Morgan fingerprint density at radius 3 is 2.60 bits per heavy atom. The van der Waals surface area contributed by atoms with Gasteiger partial charge in [-0.05, 0) is 31.5 Å². The van der Waals surface area contributed by atoms with Crippen molar-refractivity contribution in [3.8, 4) is 0 Å². The van der Waals surface area contributed by atoms with Gasteiger partial charge in [0.05, 0.1) is 18.4 Å². The van der Waals surface area contributed by atoms with E-state index in [2.05, 4.69) is 4.98 Å². The van der Waals surface area contributed by atoms with Gasteiger partial charge in [0.2, 0.25) is 0 Å². The second-order valence-electron chi connectivity index (χ2n) is 4.67. The van der Waals surface area contributed by atoms with E-state index in [0.717, 1.165) is 0 Å². The molecule has 1 amide bonds. The maximum absolute atomic E-state index is 12.4. The number of carboxylic acids is 1. The number of nitrogens with zero attached hydrogens (tertiary/aromatic N) is 1. The molecule has 0 atom stereocenters. The van der Waals surface area contributed by atoms with Crippen LogP contribution in [0.5, 0.6) is 0 Å². The predicted octanol–water partition coefficient (Wildman–Crippen LogP) is 2.19.